The number of aromatic nitrogens is 4. The fraction of sp³-hybridized carbons (Fsp3) is 0.200. The molecule has 0 aliphatic carbocycles. The molecule has 2 N–H and O–H groups in total. The number of carbonyl (C=O) groups is 3. The number of hydrogen-bond donors (Lipinski definition) is 2. The molecular formula is C30H29ClN6O4. The van der Waals surface area contributed by atoms with E-state index in [2.05, 4.69) is 26.2 Å². The average Bonchev–Trinajstić information content (AvgIpc) is 3.51. The van der Waals surface area contributed by atoms with Gasteiger partial charge in [-0.2, -0.15) is 4.68 Å². The lowest BCUT2D eigenvalue weighted by atomic mass is 9.97. The molecule has 0 aliphatic heterocycles. The number of benzene rings is 3. The summed E-state index contributed by atoms with van der Waals surface area (Å²) in [6.45, 7) is 2.25. The van der Waals surface area contributed by atoms with Gasteiger partial charge in [-0.15, -0.1) is 5.10 Å². The van der Waals surface area contributed by atoms with Gasteiger partial charge < -0.3 is 10.1 Å². The molecule has 0 saturated carbocycles. The molecule has 0 bridgehead atoms. The van der Waals surface area contributed by atoms with E-state index in [-0.39, 0.29) is 12.2 Å². The molecule has 0 fully saturated rings. The van der Waals surface area contributed by atoms with E-state index in [1.165, 1.54) is 17.1 Å². The van der Waals surface area contributed by atoms with Crippen molar-refractivity contribution in [3.8, 4) is 5.69 Å². The van der Waals surface area contributed by atoms with Crippen molar-refractivity contribution in [2.45, 2.75) is 32.2 Å². The van der Waals surface area contributed by atoms with E-state index >= 15 is 0 Å². The van der Waals surface area contributed by atoms with E-state index < -0.39 is 18.0 Å². The van der Waals surface area contributed by atoms with Gasteiger partial charge in [-0.1, -0.05) is 61.0 Å². The Morgan fingerprint density at radius 1 is 1.02 bits per heavy atom. The van der Waals surface area contributed by atoms with Gasteiger partial charge in [0.05, 0.1) is 18.3 Å². The van der Waals surface area contributed by atoms with Crippen LogP contribution >= 0.6 is 11.6 Å². The molecule has 0 saturated heterocycles. The minimum absolute atomic E-state index is 0.0970. The molecule has 11 heteroatoms. The molecular weight excluding hydrogens is 544 g/mol. The topological polar surface area (TPSA) is 128 Å². The standard InChI is InChI=1S/C30H29ClN6O4/c1-2-16-41-30(40)33-25-12-8-22(9-13-25)18-28(38)26(17-21-6-4-3-5-7-21)34-29(39)15-10-23-19-24(31)11-14-27(23)37-20-32-35-36-37/h3-15,19-20,26H,2,16-18H2,1H3,(H,33,40)(H,34,39)/b15-10+/t26-/m0/s1. The molecule has 0 radical (unpaired) electrons. The molecule has 1 atom stereocenters. The van der Waals surface area contributed by atoms with Gasteiger partial charge in [-0.3, -0.25) is 14.9 Å². The summed E-state index contributed by atoms with van der Waals surface area (Å²) in [5.41, 5.74) is 3.48. The maximum absolute atomic E-state index is 13.4. The number of rotatable bonds is 12. The SMILES string of the molecule is CCCOC(=O)Nc1ccc(CC(=O)[C@H](Cc2ccccc2)NC(=O)/C=C/c2cc(Cl)ccc2-n2cnnn2)cc1. The van der Waals surface area contributed by atoms with Crippen molar-refractivity contribution in [1.82, 2.24) is 25.5 Å². The Morgan fingerprint density at radius 3 is 2.51 bits per heavy atom. The van der Waals surface area contributed by atoms with Crippen molar-refractivity contribution in [2.75, 3.05) is 11.9 Å². The molecule has 0 spiro atoms. The zero-order valence-electron chi connectivity index (χ0n) is 22.4. The molecule has 1 heterocycles. The Hall–Kier alpha value is -4.83. The van der Waals surface area contributed by atoms with Crippen LogP contribution in [0.4, 0.5) is 10.5 Å². The number of anilines is 1. The summed E-state index contributed by atoms with van der Waals surface area (Å²) in [4.78, 5) is 38.2. The van der Waals surface area contributed by atoms with E-state index in [0.29, 0.717) is 35.0 Å². The number of amides is 2. The number of carbonyl (C=O) groups excluding carboxylic acids is 3. The fourth-order valence-electron chi connectivity index (χ4n) is 4.00. The van der Waals surface area contributed by atoms with Gasteiger partial charge in [-0.25, -0.2) is 4.79 Å². The van der Waals surface area contributed by atoms with E-state index in [1.807, 2.05) is 37.3 Å². The van der Waals surface area contributed by atoms with Crippen LogP contribution in [0.3, 0.4) is 0 Å². The Labute approximate surface area is 242 Å². The third-order valence-electron chi connectivity index (χ3n) is 6.00. The van der Waals surface area contributed by atoms with E-state index in [9.17, 15) is 14.4 Å². The summed E-state index contributed by atoms with van der Waals surface area (Å²) in [5, 5.41) is 17.2. The second kappa shape index (κ2) is 14.5. The molecule has 41 heavy (non-hydrogen) atoms. The number of Topliss-reactive ketones (excluding diaryl/α,β-unsaturated/α-hetero) is 1. The lowest BCUT2D eigenvalue weighted by molar-refractivity contribution is -0.125. The van der Waals surface area contributed by atoms with E-state index in [0.717, 1.165) is 17.5 Å². The Balaban J connectivity index is 1.46. The highest BCUT2D eigenvalue weighted by molar-refractivity contribution is 6.30. The number of halogens is 1. The van der Waals surface area contributed by atoms with Crippen LogP contribution in [0, 0.1) is 0 Å². The van der Waals surface area contributed by atoms with Crippen molar-refractivity contribution in [1.29, 1.82) is 0 Å². The smallest absolute Gasteiger partial charge is 0.411 e. The molecule has 4 rings (SSSR count). The largest absolute Gasteiger partial charge is 0.449 e. The predicted molar refractivity (Wildman–Crippen MR) is 156 cm³/mol. The van der Waals surface area contributed by atoms with Gasteiger partial charge in [0, 0.05) is 28.8 Å². The number of ketones is 1. The summed E-state index contributed by atoms with van der Waals surface area (Å²) in [6, 6.07) is 20.8. The van der Waals surface area contributed by atoms with Crippen LogP contribution in [0.1, 0.15) is 30.0 Å². The first kappa shape index (κ1) is 29.2. The third-order valence-corrected chi connectivity index (χ3v) is 6.24. The van der Waals surface area contributed by atoms with Crippen LogP contribution in [0.25, 0.3) is 11.8 Å². The molecule has 3 aromatic carbocycles. The zero-order valence-corrected chi connectivity index (χ0v) is 23.1. The monoisotopic (exact) mass is 572 g/mol. The first-order chi connectivity index (χ1) is 19.9. The predicted octanol–water partition coefficient (Wildman–Crippen LogP) is 4.83. The van der Waals surface area contributed by atoms with Crippen molar-refractivity contribution >= 4 is 41.1 Å². The Kier molecular flexibility index (Phi) is 10.3. The number of nitrogens with one attached hydrogen (secondary N) is 2. The average molecular weight is 573 g/mol. The van der Waals surface area contributed by atoms with Crippen LogP contribution in [0.15, 0.2) is 85.2 Å². The van der Waals surface area contributed by atoms with Gasteiger partial charge in [0.2, 0.25) is 5.91 Å². The molecule has 2 amide bonds. The highest BCUT2D eigenvalue weighted by atomic mass is 35.5. The highest BCUT2D eigenvalue weighted by Crippen LogP contribution is 2.20. The molecule has 4 aromatic rings. The van der Waals surface area contributed by atoms with Crippen molar-refractivity contribution < 1.29 is 19.1 Å². The quantitative estimate of drug-likeness (QED) is 0.233. The van der Waals surface area contributed by atoms with Gasteiger partial charge in [-0.05, 0) is 70.8 Å². The van der Waals surface area contributed by atoms with Crippen LogP contribution in [0.5, 0.6) is 0 Å². The second-order valence-electron chi connectivity index (χ2n) is 9.14. The van der Waals surface area contributed by atoms with Gasteiger partial charge in [0.25, 0.3) is 0 Å². The minimum atomic E-state index is -0.769. The van der Waals surface area contributed by atoms with Gasteiger partial charge in [0.1, 0.15) is 6.33 Å². The number of tetrazole rings is 1. The Morgan fingerprint density at radius 2 is 1.80 bits per heavy atom. The summed E-state index contributed by atoms with van der Waals surface area (Å²) in [7, 11) is 0. The van der Waals surface area contributed by atoms with Crippen LogP contribution in [-0.4, -0.2) is 50.6 Å². The number of nitrogens with zero attached hydrogens (tertiary/aromatic N) is 4. The summed E-state index contributed by atoms with van der Waals surface area (Å²) in [6.07, 6.45) is 5.01. The van der Waals surface area contributed by atoms with Crippen molar-refractivity contribution in [2.24, 2.45) is 0 Å². The maximum Gasteiger partial charge on any atom is 0.411 e. The minimum Gasteiger partial charge on any atom is -0.449 e. The first-order valence-electron chi connectivity index (χ1n) is 13.0. The Bertz CT molecular complexity index is 1490. The normalized spacial score (nSPS) is 11.7. The second-order valence-corrected chi connectivity index (χ2v) is 9.58. The molecule has 0 aliphatic rings. The van der Waals surface area contributed by atoms with Gasteiger partial charge in [0.15, 0.2) is 5.78 Å². The lowest BCUT2D eigenvalue weighted by Crippen LogP contribution is -2.42. The summed E-state index contributed by atoms with van der Waals surface area (Å²) in [5.74, 6) is -0.595. The summed E-state index contributed by atoms with van der Waals surface area (Å²) < 4.78 is 6.49. The van der Waals surface area contributed by atoms with Crippen LogP contribution < -0.4 is 10.6 Å². The fourth-order valence-corrected chi connectivity index (χ4v) is 4.18. The van der Waals surface area contributed by atoms with Crippen LogP contribution in [0.2, 0.25) is 5.02 Å². The lowest BCUT2D eigenvalue weighted by Gasteiger charge is -2.17. The maximum atomic E-state index is 13.4. The molecule has 0 unspecified atom stereocenters. The van der Waals surface area contributed by atoms with Crippen molar-refractivity contribution in [3.05, 3.63) is 107 Å². The number of ether oxygens (including phenoxy) is 1. The van der Waals surface area contributed by atoms with Gasteiger partial charge >= 0.3 is 6.09 Å². The zero-order chi connectivity index (χ0) is 29.0. The highest BCUT2D eigenvalue weighted by Gasteiger charge is 2.21. The third kappa shape index (κ3) is 8.84. The molecule has 10 nitrogen and oxygen atoms in total. The number of hydrogen-bond acceptors (Lipinski definition) is 7. The summed E-state index contributed by atoms with van der Waals surface area (Å²) >= 11 is 6.17. The van der Waals surface area contributed by atoms with Crippen LogP contribution in [-0.2, 0) is 27.2 Å². The molecule has 1 aromatic heterocycles. The first-order valence-corrected chi connectivity index (χ1v) is 13.4. The molecule has 210 valence electrons. The van der Waals surface area contributed by atoms with E-state index in [1.54, 1.807) is 48.5 Å². The van der Waals surface area contributed by atoms with E-state index in [4.69, 9.17) is 16.3 Å². The van der Waals surface area contributed by atoms with Crippen molar-refractivity contribution in [3.63, 3.8) is 0 Å².